The van der Waals surface area contributed by atoms with Crippen molar-refractivity contribution in [2.24, 2.45) is 0 Å². The van der Waals surface area contributed by atoms with Crippen LogP contribution in [-0.2, 0) is 6.42 Å². The molecule has 1 aromatic heterocycles. The van der Waals surface area contributed by atoms with Crippen LogP contribution in [0.3, 0.4) is 0 Å². The van der Waals surface area contributed by atoms with Crippen LogP contribution in [0.15, 0.2) is 6.07 Å². The number of rotatable bonds is 6. The summed E-state index contributed by atoms with van der Waals surface area (Å²) in [5.74, 6) is -0.0268. The van der Waals surface area contributed by atoms with Crippen molar-refractivity contribution in [3.05, 3.63) is 21.4 Å². The Hall–Kier alpha value is -0.870. The van der Waals surface area contributed by atoms with Gasteiger partial charge in [0.1, 0.15) is 0 Å². The lowest BCUT2D eigenvalue weighted by molar-refractivity contribution is 0.0946. The molecule has 96 valence electrons. The largest absolute Gasteiger partial charge is 0.393 e. The van der Waals surface area contributed by atoms with Crippen molar-refractivity contribution in [3.8, 4) is 0 Å². The van der Waals surface area contributed by atoms with Gasteiger partial charge in [-0.2, -0.15) is 0 Å². The van der Waals surface area contributed by atoms with Crippen molar-refractivity contribution in [2.45, 2.75) is 46.1 Å². The lowest BCUT2D eigenvalue weighted by Gasteiger charge is -2.07. The highest BCUT2D eigenvalue weighted by Crippen LogP contribution is 2.22. The number of hydrogen-bond acceptors (Lipinski definition) is 3. The Morgan fingerprint density at radius 3 is 2.76 bits per heavy atom. The summed E-state index contributed by atoms with van der Waals surface area (Å²) in [7, 11) is 0. The Kier molecular flexibility index (Phi) is 5.65. The molecule has 0 saturated heterocycles. The predicted molar refractivity (Wildman–Crippen MR) is 71.7 cm³/mol. The highest BCUT2D eigenvalue weighted by Gasteiger charge is 2.11. The zero-order valence-corrected chi connectivity index (χ0v) is 11.6. The molecule has 0 saturated carbocycles. The monoisotopic (exact) mass is 255 g/mol. The summed E-state index contributed by atoms with van der Waals surface area (Å²) in [6.07, 6.45) is 2.01. The zero-order valence-electron chi connectivity index (χ0n) is 10.7. The van der Waals surface area contributed by atoms with Crippen molar-refractivity contribution in [2.75, 3.05) is 6.54 Å². The molecule has 0 spiro atoms. The molecule has 17 heavy (non-hydrogen) atoms. The summed E-state index contributed by atoms with van der Waals surface area (Å²) in [4.78, 5) is 13.8. The number of thiophene rings is 1. The number of amides is 1. The van der Waals surface area contributed by atoms with E-state index in [0.717, 1.165) is 17.7 Å². The van der Waals surface area contributed by atoms with E-state index in [0.29, 0.717) is 13.0 Å². The van der Waals surface area contributed by atoms with Crippen LogP contribution in [0, 0.1) is 6.92 Å². The number of aliphatic hydroxyl groups excluding tert-OH is 1. The highest BCUT2D eigenvalue weighted by molar-refractivity contribution is 7.14. The van der Waals surface area contributed by atoms with Gasteiger partial charge in [-0.25, -0.2) is 0 Å². The molecule has 4 heteroatoms. The Morgan fingerprint density at radius 1 is 1.53 bits per heavy atom. The second-order valence-corrected chi connectivity index (χ2v) is 5.31. The fourth-order valence-electron chi connectivity index (χ4n) is 1.63. The molecule has 0 aliphatic rings. The van der Waals surface area contributed by atoms with E-state index < -0.39 is 0 Å². The van der Waals surface area contributed by atoms with Crippen molar-refractivity contribution in [1.82, 2.24) is 5.32 Å². The van der Waals surface area contributed by atoms with Gasteiger partial charge in [0, 0.05) is 11.4 Å². The average Bonchev–Trinajstić information content (AvgIpc) is 2.70. The highest BCUT2D eigenvalue weighted by atomic mass is 32.1. The molecule has 1 aromatic rings. The molecule has 0 aliphatic heterocycles. The molecule has 1 unspecified atom stereocenters. The third-order valence-electron chi connectivity index (χ3n) is 2.80. The molecule has 2 N–H and O–H groups in total. The van der Waals surface area contributed by atoms with E-state index in [-0.39, 0.29) is 12.0 Å². The average molecular weight is 255 g/mol. The molecule has 0 bridgehead atoms. The zero-order chi connectivity index (χ0) is 12.8. The standard InChI is InChI=1S/C13H21NO2S/c1-4-10(15)6-7-14-13(16)12-8-9(3)11(5-2)17-12/h8,10,15H,4-7H2,1-3H3,(H,14,16). The Bertz CT molecular complexity index is 373. The van der Waals surface area contributed by atoms with E-state index in [1.165, 1.54) is 10.4 Å². The van der Waals surface area contributed by atoms with Crippen LogP contribution in [0.25, 0.3) is 0 Å². The smallest absolute Gasteiger partial charge is 0.261 e. The fourth-order valence-corrected chi connectivity index (χ4v) is 2.66. The normalized spacial score (nSPS) is 12.5. The van der Waals surface area contributed by atoms with Crippen LogP contribution in [0.1, 0.15) is 46.8 Å². The van der Waals surface area contributed by atoms with E-state index in [1.807, 2.05) is 19.9 Å². The number of carbonyl (C=O) groups excluding carboxylic acids is 1. The van der Waals surface area contributed by atoms with Crippen molar-refractivity contribution < 1.29 is 9.90 Å². The van der Waals surface area contributed by atoms with E-state index in [1.54, 1.807) is 11.3 Å². The van der Waals surface area contributed by atoms with Crippen LogP contribution in [0.2, 0.25) is 0 Å². The lowest BCUT2D eigenvalue weighted by Crippen LogP contribution is -2.26. The van der Waals surface area contributed by atoms with Crippen LogP contribution >= 0.6 is 11.3 Å². The van der Waals surface area contributed by atoms with E-state index in [2.05, 4.69) is 12.2 Å². The summed E-state index contributed by atoms with van der Waals surface area (Å²) < 4.78 is 0. The first-order valence-corrected chi connectivity index (χ1v) is 6.95. The number of nitrogens with one attached hydrogen (secondary N) is 1. The predicted octanol–water partition coefficient (Wildman–Crippen LogP) is 2.51. The summed E-state index contributed by atoms with van der Waals surface area (Å²) in [5, 5.41) is 12.2. The minimum atomic E-state index is -0.313. The van der Waals surface area contributed by atoms with Gasteiger partial charge in [-0.3, -0.25) is 4.79 Å². The molecule has 1 amide bonds. The Balaban J connectivity index is 2.47. The molecule has 1 rings (SSSR count). The number of aryl methyl sites for hydroxylation is 2. The van der Waals surface area contributed by atoms with Crippen molar-refractivity contribution in [1.29, 1.82) is 0 Å². The number of aliphatic hydroxyl groups is 1. The summed E-state index contributed by atoms with van der Waals surface area (Å²) >= 11 is 1.56. The molecule has 0 aromatic carbocycles. The van der Waals surface area contributed by atoms with Gasteiger partial charge in [0.25, 0.3) is 5.91 Å². The summed E-state index contributed by atoms with van der Waals surface area (Å²) in [5.41, 5.74) is 1.19. The van der Waals surface area contributed by atoms with E-state index in [9.17, 15) is 9.90 Å². The molecule has 1 atom stereocenters. The second kappa shape index (κ2) is 6.77. The van der Waals surface area contributed by atoms with Gasteiger partial charge < -0.3 is 10.4 Å². The quantitative estimate of drug-likeness (QED) is 0.820. The van der Waals surface area contributed by atoms with E-state index in [4.69, 9.17) is 0 Å². The maximum atomic E-state index is 11.8. The minimum Gasteiger partial charge on any atom is -0.393 e. The third kappa shape index (κ3) is 4.13. The van der Waals surface area contributed by atoms with Crippen LogP contribution < -0.4 is 5.32 Å². The van der Waals surface area contributed by atoms with Gasteiger partial charge in [-0.1, -0.05) is 13.8 Å². The van der Waals surface area contributed by atoms with Gasteiger partial charge in [-0.15, -0.1) is 11.3 Å². The van der Waals surface area contributed by atoms with Gasteiger partial charge in [0.15, 0.2) is 0 Å². The molecule has 0 aliphatic carbocycles. The van der Waals surface area contributed by atoms with Crippen molar-refractivity contribution in [3.63, 3.8) is 0 Å². The Labute approximate surface area is 107 Å². The van der Waals surface area contributed by atoms with E-state index >= 15 is 0 Å². The fraction of sp³-hybridized carbons (Fsp3) is 0.615. The molecular weight excluding hydrogens is 234 g/mol. The number of hydrogen-bond donors (Lipinski definition) is 2. The molecular formula is C13H21NO2S. The van der Waals surface area contributed by atoms with Gasteiger partial charge in [-0.05, 0) is 37.8 Å². The summed E-state index contributed by atoms with van der Waals surface area (Å²) in [6.45, 7) is 6.60. The maximum absolute atomic E-state index is 11.8. The Morgan fingerprint density at radius 2 is 2.24 bits per heavy atom. The van der Waals surface area contributed by atoms with Gasteiger partial charge in [0.05, 0.1) is 11.0 Å². The minimum absolute atomic E-state index is 0.0268. The molecule has 0 fully saturated rings. The first kappa shape index (κ1) is 14.2. The molecule has 1 heterocycles. The maximum Gasteiger partial charge on any atom is 0.261 e. The molecule has 0 radical (unpaired) electrons. The SMILES string of the molecule is CCc1sc(C(=O)NCCC(O)CC)cc1C. The lowest BCUT2D eigenvalue weighted by atomic mass is 10.2. The van der Waals surface area contributed by atoms with Gasteiger partial charge in [0.2, 0.25) is 0 Å². The van der Waals surface area contributed by atoms with Crippen LogP contribution in [0.4, 0.5) is 0 Å². The third-order valence-corrected chi connectivity index (χ3v) is 4.18. The second-order valence-electron chi connectivity index (χ2n) is 4.18. The first-order valence-electron chi connectivity index (χ1n) is 6.14. The van der Waals surface area contributed by atoms with Crippen molar-refractivity contribution >= 4 is 17.2 Å². The topological polar surface area (TPSA) is 49.3 Å². The number of carbonyl (C=O) groups is 1. The van der Waals surface area contributed by atoms with Crippen LogP contribution in [0.5, 0.6) is 0 Å². The molecule has 3 nitrogen and oxygen atoms in total. The van der Waals surface area contributed by atoms with Gasteiger partial charge >= 0.3 is 0 Å². The summed E-state index contributed by atoms with van der Waals surface area (Å²) in [6, 6.07) is 1.94. The first-order chi connectivity index (χ1) is 8.08. The van der Waals surface area contributed by atoms with Crippen LogP contribution in [-0.4, -0.2) is 23.7 Å².